The molecule has 1 fully saturated rings. The van der Waals surface area contributed by atoms with E-state index in [9.17, 15) is 9.59 Å². The van der Waals surface area contributed by atoms with E-state index < -0.39 is 5.54 Å². The number of isocyanates is 1. The monoisotopic (exact) mass is 287 g/mol. The van der Waals surface area contributed by atoms with E-state index in [4.69, 9.17) is 4.74 Å². The largest absolute Gasteiger partial charge is 0.497 e. The minimum Gasteiger partial charge on any atom is -0.497 e. The third-order valence-corrected chi connectivity index (χ3v) is 3.69. The number of hydrogen-bond donors (Lipinski definition) is 0. The van der Waals surface area contributed by atoms with Gasteiger partial charge >= 0.3 is 0 Å². The van der Waals surface area contributed by atoms with E-state index in [1.165, 1.54) is 0 Å². The molecule has 2 rings (SSSR count). The van der Waals surface area contributed by atoms with Crippen LogP contribution < -0.4 is 4.74 Å². The molecule has 0 saturated heterocycles. The normalized spacial score (nSPS) is 16.1. The molecule has 21 heavy (non-hydrogen) atoms. The second kappa shape index (κ2) is 8.18. The van der Waals surface area contributed by atoms with Crippen LogP contribution in [0.25, 0.3) is 0 Å². The third kappa shape index (κ3) is 4.69. The number of methoxy groups -OCH3 is 1. The zero-order chi connectivity index (χ0) is 15.7. The van der Waals surface area contributed by atoms with Gasteiger partial charge in [-0.2, -0.15) is 4.99 Å². The molecule has 0 bridgehead atoms. The van der Waals surface area contributed by atoms with Crippen LogP contribution in [-0.2, 0) is 16.0 Å². The first-order valence-corrected chi connectivity index (χ1v) is 6.91. The SMILES string of the molecule is C=C.COc1cccc(CC2(N=C=O)CCC(=O)CC2)c1. The van der Waals surface area contributed by atoms with Gasteiger partial charge in [0.15, 0.2) is 0 Å². The predicted octanol–water partition coefficient (Wildman–Crippen LogP) is 3.26. The maximum Gasteiger partial charge on any atom is 0.235 e. The summed E-state index contributed by atoms with van der Waals surface area (Å²) in [6, 6.07) is 7.73. The molecule has 1 aromatic carbocycles. The predicted molar refractivity (Wildman–Crippen MR) is 82.3 cm³/mol. The second-order valence-corrected chi connectivity index (χ2v) is 4.99. The molecule has 112 valence electrons. The summed E-state index contributed by atoms with van der Waals surface area (Å²) in [6.45, 7) is 6.00. The van der Waals surface area contributed by atoms with E-state index >= 15 is 0 Å². The maximum atomic E-state index is 11.3. The molecule has 0 heterocycles. The van der Waals surface area contributed by atoms with Crippen LogP contribution in [0.4, 0.5) is 0 Å². The van der Waals surface area contributed by atoms with Gasteiger partial charge in [-0.1, -0.05) is 12.1 Å². The Balaban J connectivity index is 0.00000106. The molecular formula is C17H21NO3. The Kier molecular flexibility index (Phi) is 6.57. The minimum absolute atomic E-state index is 0.252. The summed E-state index contributed by atoms with van der Waals surface area (Å²) < 4.78 is 5.19. The van der Waals surface area contributed by atoms with E-state index in [1.807, 2.05) is 24.3 Å². The molecule has 0 amide bonds. The number of rotatable bonds is 4. The van der Waals surface area contributed by atoms with Gasteiger partial charge in [0.25, 0.3) is 0 Å². The minimum atomic E-state index is -0.470. The first-order valence-electron chi connectivity index (χ1n) is 6.91. The summed E-state index contributed by atoms with van der Waals surface area (Å²) >= 11 is 0. The number of benzene rings is 1. The summed E-state index contributed by atoms with van der Waals surface area (Å²) in [4.78, 5) is 26.0. The van der Waals surface area contributed by atoms with Crippen molar-refractivity contribution in [3.8, 4) is 5.75 Å². The molecule has 4 heteroatoms. The Bertz CT molecular complexity index is 523. The van der Waals surface area contributed by atoms with Crippen LogP contribution in [0, 0.1) is 0 Å². The highest BCUT2D eigenvalue weighted by Gasteiger charge is 2.34. The molecule has 1 aliphatic rings. The molecule has 1 saturated carbocycles. The highest BCUT2D eigenvalue weighted by Crippen LogP contribution is 2.33. The summed E-state index contributed by atoms with van der Waals surface area (Å²) in [5, 5.41) is 0. The number of nitrogens with zero attached hydrogens (tertiary/aromatic N) is 1. The number of carbonyl (C=O) groups is 1. The highest BCUT2D eigenvalue weighted by atomic mass is 16.5. The van der Waals surface area contributed by atoms with E-state index in [1.54, 1.807) is 13.2 Å². The number of ketones is 1. The van der Waals surface area contributed by atoms with Gasteiger partial charge in [0.2, 0.25) is 6.08 Å². The van der Waals surface area contributed by atoms with Crippen molar-refractivity contribution in [3.63, 3.8) is 0 Å². The van der Waals surface area contributed by atoms with Gasteiger partial charge < -0.3 is 4.74 Å². The lowest BCUT2D eigenvalue weighted by Gasteiger charge is -2.31. The van der Waals surface area contributed by atoms with Crippen molar-refractivity contribution in [2.24, 2.45) is 4.99 Å². The zero-order valence-electron chi connectivity index (χ0n) is 12.4. The van der Waals surface area contributed by atoms with Crippen LogP contribution in [0.1, 0.15) is 31.2 Å². The summed E-state index contributed by atoms with van der Waals surface area (Å²) in [6.07, 6.45) is 4.56. The average molecular weight is 287 g/mol. The lowest BCUT2D eigenvalue weighted by atomic mass is 9.77. The van der Waals surface area contributed by atoms with Gasteiger partial charge in [-0.15, -0.1) is 13.2 Å². The van der Waals surface area contributed by atoms with Crippen LogP contribution >= 0.6 is 0 Å². The first kappa shape index (κ1) is 16.9. The molecule has 4 nitrogen and oxygen atoms in total. The number of hydrogen-bond acceptors (Lipinski definition) is 4. The van der Waals surface area contributed by atoms with Crippen molar-refractivity contribution in [3.05, 3.63) is 43.0 Å². The fourth-order valence-corrected chi connectivity index (χ4v) is 2.58. The number of ether oxygens (including phenoxy) is 1. The number of carbonyl (C=O) groups excluding carboxylic acids is 2. The van der Waals surface area contributed by atoms with E-state index in [0.29, 0.717) is 32.1 Å². The van der Waals surface area contributed by atoms with E-state index in [0.717, 1.165) is 11.3 Å². The van der Waals surface area contributed by atoms with Gasteiger partial charge in [0.1, 0.15) is 11.5 Å². The van der Waals surface area contributed by atoms with Crippen molar-refractivity contribution in [1.82, 2.24) is 0 Å². The molecule has 0 aliphatic heterocycles. The Hall–Kier alpha value is -2.19. The third-order valence-electron chi connectivity index (χ3n) is 3.69. The molecule has 1 aromatic rings. The van der Waals surface area contributed by atoms with Crippen LogP contribution in [0.2, 0.25) is 0 Å². The van der Waals surface area contributed by atoms with Gasteiger partial charge in [-0.05, 0) is 37.0 Å². The number of Topliss-reactive ketones (excluding diaryl/α,β-unsaturated/α-hetero) is 1. The van der Waals surface area contributed by atoms with Crippen LogP contribution in [0.15, 0.2) is 42.4 Å². The van der Waals surface area contributed by atoms with Crippen LogP contribution in [0.5, 0.6) is 5.75 Å². The van der Waals surface area contributed by atoms with Crippen LogP contribution in [0.3, 0.4) is 0 Å². The molecule has 0 spiro atoms. The lowest BCUT2D eigenvalue weighted by Crippen LogP contribution is -2.34. The summed E-state index contributed by atoms with van der Waals surface area (Å²) in [5.74, 6) is 1.04. The molecule has 0 unspecified atom stereocenters. The van der Waals surface area contributed by atoms with Crippen molar-refractivity contribution in [1.29, 1.82) is 0 Å². The topological polar surface area (TPSA) is 55.7 Å². The number of aliphatic imine (C=N–C) groups is 1. The fraction of sp³-hybridized carbons (Fsp3) is 0.412. The van der Waals surface area contributed by atoms with Crippen molar-refractivity contribution >= 4 is 11.9 Å². The van der Waals surface area contributed by atoms with Gasteiger partial charge in [0, 0.05) is 12.8 Å². The van der Waals surface area contributed by atoms with Crippen molar-refractivity contribution < 1.29 is 14.3 Å². The zero-order valence-corrected chi connectivity index (χ0v) is 12.4. The maximum absolute atomic E-state index is 11.3. The second-order valence-electron chi connectivity index (χ2n) is 4.99. The summed E-state index contributed by atoms with van der Waals surface area (Å²) in [7, 11) is 1.62. The molecule has 0 atom stereocenters. The Morgan fingerprint density at radius 1 is 1.33 bits per heavy atom. The fourth-order valence-electron chi connectivity index (χ4n) is 2.58. The standard InChI is InChI=1S/C15H17NO3.C2H4/c1-19-14-4-2-3-12(9-14)10-15(16-11-17)7-5-13(18)6-8-15;1-2/h2-4,9H,5-8,10H2,1H3;1-2H2. The van der Waals surface area contributed by atoms with Gasteiger partial charge in [-0.25, -0.2) is 4.79 Å². The molecule has 0 radical (unpaired) electrons. The Labute approximate surface area is 125 Å². The first-order chi connectivity index (χ1) is 10.2. The van der Waals surface area contributed by atoms with E-state index in [2.05, 4.69) is 18.2 Å². The summed E-state index contributed by atoms with van der Waals surface area (Å²) in [5.41, 5.74) is 0.592. The Morgan fingerprint density at radius 2 is 2.00 bits per heavy atom. The van der Waals surface area contributed by atoms with E-state index in [-0.39, 0.29) is 5.78 Å². The van der Waals surface area contributed by atoms with Crippen molar-refractivity contribution in [2.45, 2.75) is 37.6 Å². The quantitative estimate of drug-likeness (QED) is 0.485. The molecular weight excluding hydrogens is 266 g/mol. The molecule has 1 aliphatic carbocycles. The molecule has 0 aromatic heterocycles. The van der Waals surface area contributed by atoms with Gasteiger partial charge in [0.05, 0.1) is 12.6 Å². The molecule has 0 N–H and O–H groups in total. The van der Waals surface area contributed by atoms with Crippen molar-refractivity contribution in [2.75, 3.05) is 7.11 Å². The lowest BCUT2D eigenvalue weighted by molar-refractivity contribution is -0.121. The van der Waals surface area contributed by atoms with Gasteiger partial charge in [-0.3, -0.25) is 4.79 Å². The van der Waals surface area contributed by atoms with Crippen LogP contribution in [-0.4, -0.2) is 24.5 Å². The highest BCUT2D eigenvalue weighted by molar-refractivity contribution is 5.79. The Morgan fingerprint density at radius 3 is 2.57 bits per heavy atom. The smallest absolute Gasteiger partial charge is 0.235 e. The average Bonchev–Trinajstić information content (AvgIpc) is 2.53.